The molecule has 2 rings (SSSR count). The normalized spacial score (nSPS) is 30.0. The van der Waals surface area contributed by atoms with Crippen molar-refractivity contribution >= 4 is 5.97 Å². The number of carboxylic acids is 1. The van der Waals surface area contributed by atoms with E-state index in [0.29, 0.717) is 18.5 Å². The van der Waals surface area contributed by atoms with Crippen LogP contribution >= 0.6 is 0 Å². The molecule has 3 atom stereocenters. The van der Waals surface area contributed by atoms with Gasteiger partial charge in [0.25, 0.3) is 0 Å². The van der Waals surface area contributed by atoms with E-state index >= 15 is 0 Å². The van der Waals surface area contributed by atoms with Gasteiger partial charge < -0.3 is 10.4 Å². The molecule has 0 aromatic carbocycles. The second-order valence-electron chi connectivity index (χ2n) is 6.95. The topological polar surface area (TPSA) is 55.8 Å². The number of fused-ring (bicyclic) bond motifs is 1. The summed E-state index contributed by atoms with van der Waals surface area (Å²) in [5.74, 6) is -0.733. The van der Waals surface area contributed by atoms with Crippen LogP contribution in [0.3, 0.4) is 0 Å². The molecule has 2 heterocycles. The molecule has 0 aromatic heterocycles. The van der Waals surface area contributed by atoms with Crippen LogP contribution in [0, 0.1) is 0 Å². The van der Waals surface area contributed by atoms with Crippen LogP contribution in [-0.4, -0.2) is 71.2 Å². The molecule has 0 aliphatic carbocycles. The quantitative estimate of drug-likeness (QED) is 0.744. The van der Waals surface area contributed by atoms with Crippen molar-refractivity contribution in [3.05, 3.63) is 0 Å². The van der Waals surface area contributed by atoms with Gasteiger partial charge in [-0.1, -0.05) is 6.92 Å². The number of aliphatic carboxylic acids is 1. The van der Waals surface area contributed by atoms with Gasteiger partial charge in [-0.05, 0) is 52.6 Å². The fourth-order valence-corrected chi connectivity index (χ4v) is 3.60. The summed E-state index contributed by atoms with van der Waals surface area (Å²) in [6, 6.07) is 1.23. The lowest BCUT2D eigenvalue weighted by atomic mass is 9.96. The number of rotatable bonds is 7. The molecule has 21 heavy (non-hydrogen) atoms. The van der Waals surface area contributed by atoms with Gasteiger partial charge in [0.05, 0.1) is 0 Å². The summed E-state index contributed by atoms with van der Waals surface area (Å²) in [5, 5.41) is 12.7. The van der Waals surface area contributed by atoms with Crippen LogP contribution in [0.5, 0.6) is 0 Å². The van der Waals surface area contributed by atoms with E-state index in [0.717, 1.165) is 32.6 Å². The molecule has 5 nitrogen and oxygen atoms in total. The maximum absolute atomic E-state index is 11.6. The number of hydrogen-bond donors (Lipinski definition) is 2. The fourth-order valence-electron chi connectivity index (χ4n) is 3.60. The van der Waals surface area contributed by atoms with Gasteiger partial charge >= 0.3 is 5.97 Å². The zero-order valence-corrected chi connectivity index (χ0v) is 13.8. The molecule has 2 N–H and O–H groups in total. The smallest absolute Gasteiger partial charge is 0.323 e. The zero-order chi connectivity index (χ0) is 15.5. The van der Waals surface area contributed by atoms with Crippen LogP contribution in [0.1, 0.15) is 46.5 Å². The number of carbonyl (C=O) groups is 1. The van der Waals surface area contributed by atoms with Crippen LogP contribution in [0.15, 0.2) is 0 Å². The fraction of sp³-hybridized carbons (Fsp3) is 0.938. The minimum Gasteiger partial charge on any atom is -0.480 e. The predicted octanol–water partition coefficient (Wildman–Crippen LogP) is 1.39. The van der Waals surface area contributed by atoms with E-state index < -0.39 is 11.5 Å². The number of nitrogens with zero attached hydrogens (tertiary/aromatic N) is 2. The van der Waals surface area contributed by atoms with Gasteiger partial charge in [0.2, 0.25) is 0 Å². The van der Waals surface area contributed by atoms with Gasteiger partial charge in [-0.3, -0.25) is 14.6 Å². The summed E-state index contributed by atoms with van der Waals surface area (Å²) >= 11 is 0. The Morgan fingerprint density at radius 2 is 2.19 bits per heavy atom. The van der Waals surface area contributed by atoms with E-state index in [1.807, 2.05) is 6.92 Å². The molecule has 5 heteroatoms. The van der Waals surface area contributed by atoms with Crippen molar-refractivity contribution in [3.8, 4) is 0 Å². The summed E-state index contributed by atoms with van der Waals surface area (Å²) in [6.07, 6.45) is 4.24. The monoisotopic (exact) mass is 297 g/mol. The summed E-state index contributed by atoms with van der Waals surface area (Å²) in [6.45, 7) is 11.3. The Bertz CT molecular complexity index is 363. The van der Waals surface area contributed by atoms with Crippen LogP contribution in [-0.2, 0) is 4.79 Å². The third-order valence-electron chi connectivity index (χ3n) is 5.20. The van der Waals surface area contributed by atoms with E-state index in [4.69, 9.17) is 0 Å². The maximum Gasteiger partial charge on any atom is 0.323 e. The highest BCUT2D eigenvalue weighted by Crippen LogP contribution is 2.25. The average Bonchev–Trinajstić information content (AvgIpc) is 2.89. The van der Waals surface area contributed by atoms with E-state index in [9.17, 15) is 9.90 Å². The second kappa shape index (κ2) is 7.07. The van der Waals surface area contributed by atoms with Crippen LogP contribution in [0.2, 0.25) is 0 Å². The minimum absolute atomic E-state index is 0.531. The van der Waals surface area contributed by atoms with Gasteiger partial charge in [-0.25, -0.2) is 0 Å². The van der Waals surface area contributed by atoms with E-state index in [1.165, 1.54) is 19.4 Å². The molecule has 0 aromatic rings. The largest absolute Gasteiger partial charge is 0.480 e. The predicted molar refractivity (Wildman–Crippen MR) is 84.6 cm³/mol. The lowest BCUT2D eigenvalue weighted by molar-refractivity contribution is -0.144. The Balaban J connectivity index is 1.89. The van der Waals surface area contributed by atoms with Crippen molar-refractivity contribution < 1.29 is 9.90 Å². The molecule has 122 valence electrons. The van der Waals surface area contributed by atoms with Crippen molar-refractivity contribution in [2.45, 2.75) is 64.1 Å². The third-order valence-corrected chi connectivity index (χ3v) is 5.20. The molecule has 0 spiro atoms. The molecule has 0 amide bonds. The summed E-state index contributed by atoms with van der Waals surface area (Å²) in [4.78, 5) is 16.7. The molecule has 3 unspecified atom stereocenters. The summed E-state index contributed by atoms with van der Waals surface area (Å²) < 4.78 is 0. The Morgan fingerprint density at radius 1 is 1.43 bits per heavy atom. The Labute approximate surface area is 128 Å². The van der Waals surface area contributed by atoms with Crippen molar-refractivity contribution in [2.24, 2.45) is 0 Å². The van der Waals surface area contributed by atoms with E-state index in [1.54, 1.807) is 0 Å². The molecule has 2 saturated heterocycles. The van der Waals surface area contributed by atoms with Gasteiger partial charge in [0, 0.05) is 31.7 Å². The summed E-state index contributed by atoms with van der Waals surface area (Å²) in [5.41, 5.74) is -0.803. The molecule has 2 fully saturated rings. The molecule has 2 aliphatic heterocycles. The molecule has 0 saturated carbocycles. The lowest BCUT2D eigenvalue weighted by Crippen LogP contribution is -2.57. The maximum atomic E-state index is 11.6. The number of nitrogens with one attached hydrogen (secondary N) is 1. The van der Waals surface area contributed by atoms with Crippen molar-refractivity contribution in [2.75, 3.05) is 32.7 Å². The molecule has 2 aliphatic rings. The lowest BCUT2D eigenvalue weighted by Gasteiger charge is -2.43. The van der Waals surface area contributed by atoms with Gasteiger partial charge in [-0.15, -0.1) is 0 Å². The molecular weight excluding hydrogens is 266 g/mol. The Hall–Kier alpha value is -0.650. The van der Waals surface area contributed by atoms with Crippen molar-refractivity contribution in [1.82, 2.24) is 15.1 Å². The van der Waals surface area contributed by atoms with Crippen molar-refractivity contribution in [3.63, 3.8) is 0 Å². The first-order valence-corrected chi connectivity index (χ1v) is 8.43. The van der Waals surface area contributed by atoms with Gasteiger partial charge in [0.1, 0.15) is 5.54 Å². The van der Waals surface area contributed by atoms with Gasteiger partial charge in [0.15, 0.2) is 0 Å². The molecular formula is C16H31N3O2. The first-order valence-electron chi connectivity index (χ1n) is 8.43. The van der Waals surface area contributed by atoms with Crippen LogP contribution in [0.4, 0.5) is 0 Å². The molecule has 0 bridgehead atoms. The number of carboxylic acid groups (broad SMARTS) is 1. The standard InChI is InChI=1S/C16H31N3O2/c1-4-8-17-16(3,15(20)21)7-10-18-12-14-6-5-9-19(14)11-13(18)2/h13-14,17H,4-12H2,1-3H3,(H,20,21). The van der Waals surface area contributed by atoms with Crippen molar-refractivity contribution in [1.29, 1.82) is 0 Å². The Morgan fingerprint density at radius 3 is 2.86 bits per heavy atom. The highest BCUT2D eigenvalue weighted by molar-refractivity contribution is 5.78. The first-order chi connectivity index (χ1) is 9.96. The second-order valence-corrected chi connectivity index (χ2v) is 6.95. The van der Waals surface area contributed by atoms with E-state index in [-0.39, 0.29) is 0 Å². The highest BCUT2D eigenvalue weighted by atomic mass is 16.4. The minimum atomic E-state index is -0.803. The van der Waals surface area contributed by atoms with Gasteiger partial charge in [-0.2, -0.15) is 0 Å². The third kappa shape index (κ3) is 3.96. The van der Waals surface area contributed by atoms with Crippen LogP contribution in [0.25, 0.3) is 0 Å². The number of piperazine rings is 1. The SMILES string of the molecule is CCCNC(C)(CCN1CC2CCCN2CC1C)C(=O)O. The average molecular weight is 297 g/mol. The first kappa shape index (κ1) is 16.7. The zero-order valence-electron chi connectivity index (χ0n) is 13.8. The number of hydrogen-bond acceptors (Lipinski definition) is 4. The van der Waals surface area contributed by atoms with E-state index in [2.05, 4.69) is 29.0 Å². The Kier molecular flexibility index (Phi) is 5.63. The van der Waals surface area contributed by atoms with Crippen LogP contribution < -0.4 is 5.32 Å². The molecule has 0 radical (unpaired) electrons. The summed E-state index contributed by atoms with van der Waals surface area (Å²) in [7, 11) is 0. The highest BCUT2D eigenvalue weighted by Gasteiger charge is 2.37.